The summed E-state index contributed by atoms with van der Waals surface area (Å²) in [6.07, 6.45) is 0.390. The third kappa shape index (κ3) is 2.10. The second kappa shape index (κ2) is 4.81. The summed E-state index contributed by atoms with van der Waals surface area (Å²) in [5, 5.41) is 9.25. The van der Waals surface area contributed by atoms with Gasteiger partial charge in [-0.2, -0.15) is 5.26 Å². The summed E-state index contributed by atoms with van der Waals surface area (Å²) < 4.78 is 50.0. The highest BCUT2D eigenvalue weighted by molar-refractivity contribution is 7.93. The van der Waals surface area contributed by atoms with Gasteiger partial charge >= 0.3 is 0 Å². The van der Waals surface area contributed by atoms with Crippen molar-refractivity contribution in [2.45, 2.75) is 36.3 Å². The molecule has 108 valence electrons. The fourth-order valence-corrected chi connectivity index (χ4v) is 4.50. The number of hydrogen-bond acceptors (Lipinski definition) is 3. The normalized spacial score (nSPS) is 26.1. The molecule has 0 aromatic heterocycles. The zero-order valence-corrected chi connectivity index (χ0v) is 12.0. The fourth-order valence-electron chi connectivity index (χ4n) is 2.53. The van der Waals surface area contributed by atoms with Gasteiger partial charge in [-0.25, -0.2) is 17.2 Å². The molecule has 3 nitrogen and oxygen atoms in total. The summed E-state index contributed by atoms with van der Waals surface area (Å²) in [5.41, 5.74) is 0. The van der Waals surface area contributed by atoms with Crippen LogP contribution in [0, 0.1) is 34.8 Å². The minimum Gasteiger partial charge on any atom is -0.222 e. The molecule has 1 saturated carbocycles. The van der Waals surface area contributed by atoms with E-state index in [-0.39, 0.29) is 24.7 Å². The third-order valence-corrected chi connectivity index (χ3v) is 6.39. The first-order chi connectivity index (χ1) is 9.23. The maximum Gasteiger partial charge on any atom is 0.200 e. The van der Waals surface area contributed by atoms with E-state index in [4.69, 9.17) is 0 Å². The number of rotatable bonds is 3. The van der Waals surface area contributed by atoms with Gasteiger partial charge in [0.2, 0.25) is 0 Å². The molecule has 0 aliphatic heterocycles. The van der Waals surface area contributed by atoms with E-state index in [0.29, 0.717) is 6.07 Å². The van der Waals surface area contributed by atoms with E-state index < -0.39 is 31.1 Å². The highest BCUT2D eigenvalue weighted by Crippen LogP contribution is 2.49. The molecular formula is C14H15F2NO2S. The van der Waals surface area contributed by atoms with Gasteiger partial charge in [0.15, 0.2) is 14.6 Å². The van der Waals surface area contributed by atoms with Crippen molar-refractivity contribution in [2.75, 3.05) is 0 Å². The third-order valence-electron chi connectivity index (χ3n) is 4.03. The van der Waals surface area contributed by atoms with Gasteiger partial charge in [-0.15, -0.1) is 0 Å². The predicted octanol–water partition coefficient (Wildman–Crippen LogP) is 3.07. The molecule has 0 N–H and O–H groups in total. The van der Waals surface area contributed by atoms with Crippen LogP contribution in [0.3, 0.4) is 0 Å². The van der Waals surface area contributed by atoms with Crippen molar-refractivity contribution < 1.29 is 17.2 Å². The molecular weight excluding hydrogens is 284 g/mol. The maximum absolute atomic E-state index is 13.7. The standard InChI is InChI=1S/C14H15F2NO2S/c1-9(2)10-6-14(7-10,8-17)20(18,19)13-4-3-11(15)5-12(13)16/h3-5,9-10H,6-7H2,1-2H3. The van der Waals surface area contributed by atoms with Crippen molar-refractivity contribution in [1.29, 1.82) is 5.26 Å². The monoisotopic (exact) mass is 299 g/mol. The van der Waals surface area contributed by atoms with E-state index in [0.717, 1.165) is 12.1 Å². The van der Waals surface area contributed by atoms with Gasteiger partial charge in [-0.3, -0.25) is 0 Å². The van der Waals surface area contributed by atoms with Crippen LogP contribution in [0.15, 0.2) is 23.1 Å². The van der Waals surface area contributed by atoms with Crippen molar-refractivity contribution in [3.63, 3.8) is 0 Å². The summed E-state index contributed by atoms with van der Waals surface area (Å²) in [6, 6.07) is 4.14. The fraction of sp³-hybridized carbons (Fsp3) is 0.500. The Bertz CT molecular complexity index is 671. The highest BCUT2D eigenvalue weighted by Gasteiger charge is 2.56. The van der Waals surface area contributed by atoms with Gasteiger partial charge in [0.25, 0.3) is 0 Å². The molecule has 0 atom stereocenters. The number of nitriles is 1. The van der Waals surface area contributed by atoms with Gasteiger partial charge in [0.1, 0.15) is 16.5 Å². The van der Waals surface area contributed by atoms with E-state index in [9.17, 15) is 22.5 Å². The van der Waals surface area contributed by atoms with Gasteiger partial charge in [-0.1, -0.05) is 13.8 Å². The molecule has 2 rings (SSSR count). The zero-order valence-electron chi connectivity index (χ0n) is 11.2. The average Bonchev–Trinajstić information content (AvgIpc) is 2.26. The van der Waals surface area contributed by atoms with Crippen LogP contribution in [0.25, 0.3) is 0 Å². The van der Waals surface area contributed by atoms with Gasteiger partial charge in [0.05, 0.1) is 6.07 Å². The molecule has 1 aromatic rings. The Morgan fingerprint density at radius 1 is 1.35 bits per heavy atom. The number of nitrogens with zero attached hydrogens (tertiary/aromatic N) is 1. The first kappa shape index (κ1) is 14.9. The van der Waals surface area contributed by atoms with Crippen LogP contribution in [0.5, 0.6) is 0 Å². The molecule has 0 radical (unpaired) electrons. The smallest absolute Gasteiger partial charge is 0.200 e. The van der Waals surface area contributed by atoms with Crippen molar-refractivity contribution in [2.24, 2.45) is 11.8 Å². The Morgan fingerprint density at radius 3 is 2.40 bits per heavy atom. The lowest BCUT2D eigenvalue weighted by molar-refractivity contribution is 0.198. The van der Waals surface area contributed by atoms with Crippen LogP contribution in [0.2, 0.25) is 0 Å². The first-order valence-electron chi connectivity index (χ1n) is 6.34. The molecule has 0 unspecified atom stereocenters. The maximum atomic E-state index is 13.7. The van der Waals surface area contributed by atoms with E-state index in [1.54, 1.807) is 0 Å². The number of hydrogen-bond donors (Lipinski definition) is 0. The van der Waals surface area contributed by atoms with E-state index in [1.165, 1.54) is 0 Å². The minimum absolute atomic E-state index is 0.132. The van der Waals surface area contributed by atoms with Crippen LogP contribution < -0.4 is 0 Å². The predicted molar refractivity (Wildman–Crippen MR) is 69.4 cm³/mol. The average molecular weight is 299 g/mol. The Balaban J connectivity index is 2.43. The summed E-state index contributed by atoms with van der Waals surface area (Å²) >= 11 is 0. The second-order valence-corrected chi connectivity index (χ2v) is 7.82. The summed E-state index contributed by atoms with van der Waals surface area (Å²) in [7, 11) is -4.13. The Morgan fingerprint density at radius 2 is 1.95 bits per heavy atom. The lowest BCUT2D eigenvalue weighted by Gasteiger charge is -2.43. The molecule has 0 amide bonds. The molecule has 0 heterocycles. The quantitative estimate of drug-likeness (QED) is 0.806. The molecule has 1 aliphatic carbocycles. The number of sulfone groups is 1. The number of benzene rings is 1. The second-order valence-electron chi connectivity index (χ2n) is 5.60. The van der Waals surface area contributed by atoms with Crippen LogP contribution in [-0.2, 0) is 9.84 Å². The van der Waals surface area contributed by atoms with E-state index >= 15 is 0 Å². The molecule has 0 spiro atoms. The van der Waals surface area contributed by atoms with Crippen LogP contribution >= 0.6 is 0 Å². The largest absolute Gasteiger partial charge is 0.222 e. The molecule has 20 heavy (non-hydrogen) atoms. The van der Waals surface area contributed by atoms with Gasteiger partial charge in [-0.05, 0) is 36.8 Å². The van der Waals surface area contributed by atoms with Crippen LogP contribution in [0.1, 0.15) is 26.7 Å². The topological polar surface area (TPSA) is 57.9 Å². The lowest BCUT2D eigenvalue weighted by Crippen LogP contribution is -2.50. The van der Waals surface area contributed by atoms with Crippen molar-refractivity contribution in [3.05, 3.63) is 29.8 Å². The minimum atomic E-state index is -4.13. The summed E-state index contributed by atoms with van der Waals surface area (Å²) in [6.45, 7) is 3.91. The van der Waals surface area contributed by atoms with Crippen molar-refractivity contribution in [3.8, 4) is 6.07 Å². The highest BCUT2D eigenvalue weighted by atomic mass is 32.2. The Kier molecular flexibility index (Phi) is 3.59. The molecule has 6 heteroatoms. The lowest BCUT2D eigenvalue weighted by atomic mass is 9.69. The molecule has 0 saturated heterocycles. The van der Waals surface area contributed by atoms with Gasteiger partial charge in [0, 0.05) is 6.07 Å². The van der Waals surface area contributed by atoms with Crippen molar-refractivity contribution in [1.82, 2.24) is 0 Å². The number of halogens is 2. The molecule has 1 aliphatic rings. The first-order valence-corrected chi connectivity index (χ1v) is 7.83. The molecule has 1 fully saturated rings. The summed E-state index contributed by atoms with van der Waals surface area (Å²) in [4.78, 5) is -0.595. The Hall–Kier alpha value is -1.48. The molecule has 1 aromatic carbocycles. The Labute approximate surface area is 117 Å². The van der Waals surface area contributed by atoms with E-state index in [1.807, 2.05) is 19.9 Å². The zero-order chi connectivity index (χ0) is 15.1. The SMILES string of the molecule is CC(C)C1CC(C#N)(S(=O)(=O)c2ccc(F)cc2F)C1. The van der Waals surface area contributed by atoms with Crippen LogP contribution in [0.4, 0.5) is 8.78 Å². The molecule has 0 bridgehead atoms. The van der Waals surface area contributed by atoms with Gasteiger partial charge < -0.3 is 0 Å². The summed E-state index contributed by atoms with van der Waals surface area (Å²) in [5.74, 6) is -1.59. The van der Waals surface area contributed by atoms with E-state index in [2.05, 4.69) is 0 Å². The van der Waals surface area contributed by atoms with Crippen molar-refractivity contribution >= 4 is 9.84 Å². The van der Waals surface area contributed by atoms with Crippen LogP contribution in [-0.4, -0.2) is 13.2 Å².